The zero-order valence-corrected chi connectivity index (χ0v) is 19.7. The van der Waals surface area contributed by atoms with Crippen molar-refractivity contribution in [3.63, 3.8) is 0 Å². The third-order valence-corrected chi connectivity index (χ3v) is 6.17. The number of nitriles is 1. The first-order valence-electron chi connectivity index (χ1n) is 10.5. The van der Waals surface area contributed by atoms with Crippen molar-refractivity contribution in [2.24, 2.45) is 7.05 Å². The first-order valence-corrected chi connectivity index (χ1v) is 11.5. The minimum absolute atomic E-state index is 0.0233. The van der Waals surface area contributed by atoms with Gasteiger partial charge in [-0.15, -0.1) is 0 Å². The van der Waals surface area contributed by atoms with Crippen molar-refractivity contribution in [1.82, 2.24) is 19.5 Å². The molecule has 0 amide bonds. The van der Waals surface area contributed by atoms with E-state index < -0.39 is 11.7 Å². The maximum absolute atomic E-state index is 13.0. The predicted octanol–water partition coefficient (Wildman–Crippen LogP) is 5.14. The number of hydrogen-bond acceptors (Lipinski definition) is 7. The molecule has 2 aromatic carbocycles. The molecule has 2 heterocycles. The summed E-state index contributed by atoms with van der Waals surface area (Å²) in [5.74, 6) is 0.528. The number of aryl methyl sites for hydroxylation is 1. The molecule has 4 rings (SSSR count). The summed E-state index contributed by atoms with van der Waals surface area (Å²) < 4.78 is 46.2. The average Bonchev–Trinajstić information content (AvgIpc) is 2.86. The van der Waals surface area contributed by atoms with E-state index in [0.717, 1.165) is 23.3 Å². The molecule has 0 saturated carbocycles. The van der Waals surface area contributed by atoms with Gasteiger partial charge in [0.1, 0.15) is 23.9 Å². The lowest BCUT2D eigenvalue weighted by Crippen LogP contribution is -2.18. The smallest absolute Gasteiger partial charge is 0.416 e. The van der Waals surface area contributed by atoms with E-state index in [2.05, 4.69) is 15.0 Å². The molecule has 7 nitrogen and oxygen atoms in total. The van der Waals surface area contributed by atoms with Gasteiger partial charge in [-0.1, -0.05) is 23.9 Å². The number of alkyl halides is 3. The number of aromatic nitrogens is 4. The molecule has 36 heavy (non-hydrogen) atoms. The minimum Gasteiger partial charge on any atom is -0.456 e. The van der Waals surface area contributed by atoms with Crippen molar-refractivity contribution in [2.45, 2.75) is 23.5 Å². The molecule has 4 aromatic rings. The Hall–Kier alpha value is -4.17. The van der Waals surface area contributed by atoms with E-state index in [1.54, 1.807) is 42.3 Å². The summed E-state index contributed by atoms with van der Waals surface area (Å²) in [4.78, 5) is 24.6. The number of ether oxygens (including phenoxy) is 1. The van der Waals surface area contributed by atoms with Crippen LogP contribution in [0, 0.1) is 11.3 Å². The Bertz CT molecular complexity index is 1480. The molecule has 182 valence electrons. The van der Waals surface area contributed by atoms with Crippen LogP contribution in [-0.4, -0.2) is 19.5 Å². The quantitative estimate of drug-likeness (QED) is 0.252. The fraction of sp³-hybridized carbons (Fsp3) is 0.160. The Morgan fingerprint density at radius 3 is 2.61 bits per heavy atom. The van der Waals surface area contributed by atoms with Gasteiger partial charge in [-0.25, -0.2) is 9.97 Å². The van der Waals surface area contributed by atoms with Crippen LogP contribution in [0.4, 0.5) is 13.2 Å². The SMILES string of the molecule is Cn1cc(Cc2cncnc2)c(=O)nc1SCc1ccc(Oc2cccc(C(F)(F)F)c2)c(C#N)c1. The maximum atomic E-state index is 13.0. The number of rotatable bonds is 7. The lowest BCUT2D eigenvalue weighted by Gasteiger charge is -2.12. The number of halogens is 3. The number of thioether (sulfide) groups is 1. The third-order valence-electron chi connectivity index (χ3n) is 5.05. The number of hydrogen-bond donors (Lipinski definition) is 0. The Morgan fingerprint density at radius 1 is 1.11 bits per heavy atom. The van der Waals surface area contributed by atoms with Crippen LogP contribution < -0.4 is 10.3 Å². The van der Waals surface area contributed by atoms with Crippen molar-refractivity contribution >= 4 is 11.8 Å². The topological polar surface area (TPSA) is 93.7 Å². The molecule has 0 spiro atoms. The first-order chi connectivity index (χ1) is 17.2. The van der Waals surface area contributed by atoms with Gasteiger partial charge in [0.25, 0.3) is 5.56 Å². The van der Waals surface area contributed by atoms with E-state index in [9.17, 15) is 23.2 Å². The van der Waals surface area contributed by atoms with E-state index in [1.807, 2.05) is 6.07 Å². The molecular weight excluding hydrogens is 491 g/mol. The third kappa shape index (κ3) is 6.09. The lowest BCUT2D eigenvalue weighted by molar-refractivity contribution is -0.137. The second-order valence-corrected chi connectivity index (χ2v) is 8.69. The van der Waals surface area contributed by atoms with Crippen molar-refractivity contribution in [3.05, 3.63) is 106 Å². The molecule has 2 aromatic heterocycles. The molecule has 0 aliphatic rings. The zero-order chi connectivity index (χ0) is 25.7. The molecule has 0 bridgehead atoms. The van der Waals surface area contributed by atoms with Crippen LogP contribution in [0.3, 0.4) is 0 Å². The van der Waals surface area contributed by atoms with Crippen molar-refractivity contribution in [1.29, 1.82) is 5.26 Å². The summed E-state index contributed by atoms with van der Waals surface area (Å²) in [6, 6.07) is 11.3. The van der Waals surface area contributed by atoms with Crippen molar-refractivity contribution < 1.29 is 17.9 Å². The highest BCUT2D eigenvalue weighted by Crippen LogP contribution is 2.34. The van der Waals surface area contributed by atoms with Crippen LogP contribution in [0.25, 0.3) is 0 Å². The van der Waals surface area contributed by atoms with Crippen LogP contribution in [0.1, 0.15) is 27.8 Å². The van der Waals surface area contributed by atoms with Crippen LogP contribution in [0.2, 0.25) is 0 Å². The molecule has 0 fully saturated rings. The van der Waals surface area contributed by atoms with E-state index in [4.69, 9.17) is 4.74 Å². The monoisotopic (exact) mass is 509 g/mol. The molecule has 0 radical (unpaired) electrons. The van der Waals surface area contributed by atoms with Gasteiger partial charge in [0.2, 0.25) is 0 Å². The van der Waals surface area contributed by atoms with Gasteiger partial charge in [-0.05, 0) is 41.5 Å². The molecule has 0 aliphatic carbocycles. The standard InChI is InChI=1S/C25H18F3N5O2S/c1-33-13-19(8-17-11-30-15-31-12-17)23(34)32-24(33)36-14-16-5-6-22(18(7-16)10-29)35-21-4-2-3-20(9-21)25(26,27)28/h2-7,9,11-13,15H,8,14H2,1H3. The summed E-state index contributed by atoms with van der Waals surface area (Å²) in [7, 11) is 1.78. The van der Waals surface area contributed by atoms with Gasteiger partial charge in [-0.3, -0.25) is 4.79 Å². The van der Waals surface area contributed by atoms with E-state index in [0.29, 0.717) is 22.9 Å². The summed E-state index contributed by atoms with van der Waals surface area (Å²) in [5, 5.41) is 10.0. The Balaban J connectivity index is 1.47. The largest absolute Gasteiger partial charge is 0.456 e. The van der Waals surface area contributed by atoms with Gasteiger partial charge in [-0.2, -0.15) is 23.4 Å². The second kappa shape index (κ2) is 10.6. The van der Waals surface area contributed by atoms with Gasteiger partial charge < -0.3 is 9.30 Å². The van der Waals surface area contributed by atoms with E-state index >= 15 is 0 Å². The molecule has 0 unspecified atom stereocenters. The lowest BCUT2D eigenvalue weighted by atomic mass is 10.1. The highest BCUT2D eigenvalue weighted by molar-refractivity contribution is 7.98. The van der Waals surface area contributed by atoms with Crippen LogP contribution in [-0.2, 0) is 25.4 Å². The minimum atomic E-state index is -4.50. The molecule has 0 aliphatic heterocycles. The Morgan fingerprint density at radius 2 is 1.89 bits per heavy atom. The summed E-state index contributed by atoms with van der Waals surface area (Å²) in [5.41, 5.74) is 1.06. The average molecular weight is 510 g/mol. The van der Waals surface area contributed by atoms with Crippen LogP contribution in [0.15, 0.2) is 77.3 Å². The molecule has 11 heteroatoms. The summed E-state index contributed by atoms with van der Waals surface area (Å²) in [6.45, 7) is 0. The fourth-order valence-corrected chi connectivity index (χ4v) is 4.21. The van der Waals surface area contributed by atoms with Crippen molar-refractivity contribution in [3.8, 4) is 17.6 Å². The van der Waals surface area contributed by atoms with Gasteiger partial charge >= 0.3 is 6.18 Å². The summed E-state index contributed by atoms with van der Waals surface area (Å²) >= 11 is 1.31. The predicted molar refractivity (Wildman–Crippen MR) is 127 cm³/mol. The normalized spacial score (nSPS) is 11.2. The second-order valence-electron chi connectivity index (χ2n) is 7.75. The van der Waals surface area contributed by atoms with Gasteiger partial charge in [0.15, 0.2) is 5.16 Å². The summed E-state index contributed by atoms with van der Waals surface area (Å²) in [6.07, 6.45) is 2.29. The van der Waals surface area contributed by atoms with Crippen molar-refractivity contribution in [2.75, 3.05) is 0 Å². The number of nitrogens with zero attached hydrogens (tertiary/aromatic N) is 5. The highest BCUT2D eigenvalue weighted by Gasteiger charge is 2.30. The number of benzene rings is 2. The van der Waals surface area contributed by atoms with Crippen LogP contribution in [0.5, 0.6) is 11.5 Å². The Labute approximate surface area is 208 Å². The molecule has 0 atom stereocenters. The molecular formula is C25H18F3N5O2S. The maximum Gasteiger partial charge on any atom is 0.416 e. The fourth-order valence-electron chi connectivity index (χ4n) is 3.33. The van der Waals surface area contributed by atoms with Crippen LogP contribution >= 0.6 is 11.8 Å². The van der Waals surface area contributed by atoms with Gasteiger partial charge in [0.05, 0.1) is 11.1 Å². The highest BCUT2D eigenvalue weighted by atomic mass is 32.2. The Kier molecular flexibility index (Phi) is 7.36. The molecule has 0 saturated heterocycles. The molecule has 0 N–H and O–H groups in total. The zero-order valence-electron chi connectivity index (χ0n) is 18.9. The van der Waals surface area contributed by atoms with E-state index in [1.165, 1.54) is 36.3 Å². The van der Waals surface area contributed by atoms with Gasteiger partial charge in [0, 0.05) is 43.4 Å². The first kappa shape index (κ1) is 24.9. The van der Waals surface area contributed by atoms with E-state index in [-0.39, 0.29) is 22.6 Å².